The van der Waals surface area contributed by atoms with Gasteiger partial charge in [-0.3, -0.25) is 24.6 Å². The van der Waals surface area contributed by atoms with E-state index in [4.69, 9.17) is 5.14 Å². The summed E-state index contributed by atoms with van der Waals surface area (Å²) >= 11 is 0. The van der Waals surface area contributed by atoms with Crippen molar-refractivity contribution in [1.82, 2.24) is 0 Å². The van der Waals surface area contributed by atoms with Crippen molar-refractivity contribution in [1.29, 1.82) is 0 Å². The SMILES string of the molecule is NS(=O)(=O)c1ccc2c(c1)NC(=O)C(c1ccccc1)N2C(=O)/C=C/c1ccc([N+](=O)[O-])cc1. The van der Waals surface area contributed by atoms with Crippen molar-refractivity contribution < 1.29 is 22.9 Å². The highest BCUT2D eigenvalue weighted by Crippen LogP contribution is 2.39. The quantitative estimate of drug-likeness (QED) is 0.327. The van der Waals surface area contributed by atoms with Crippen LogP contribution in [-0.4, -0.2) is 25.2 Å². The fourth-order valence-electron chi connectivity index (χ4n) is 3.60. The summed E-state index contributed by atoms with van der Waals surface area (Å²) in [6, 6.07) is 17.1. The van der Waals surface area contributed by atoms with E-state index < -0.39 is 32.8 Å². The minimum Gasteiger partial charge on any atom is -0.322 e. The summed E-state index contributed by atoms with van der Waals surface area (Å²) in [6.45, 7) is 0. The van der Waals surface area contributed by atoms with Crippen molar-refractivity contribution in [3.05, 3.63) is 100 Å². The number of hydrogen-bond donors (Lipinski definition) is 2. The molecule has 172 valence electrons. The molecule has 1 unspecified atom stereocenters. The Morgan fingerprint density at radius 2 is 1.74 bits per heavy atom. The summed E-state index contributed by atoms with van der Waals surface area (Å²) in [5.41, 5.74) is 1.43. The van der Waals surface area contributed by atoms with Gasteiger partial charge in [0.15, 0.2) is 0 Å². The number of carbonyl (C=O) groups excluding carboxylic acids is 2. The Morgan fingerprint density at radius 1 is 1.06 bits per heavy atom. The topological polar surface area (TPSA) is 153 Å². The summed E-state index contributed by atoms with van der Waals surface area (Å²) < 4.78 is 23.5. The highest BCUT2D eigenvalue weighted by atomic mass is 32.2. The van der Waals surface area contributed by atoms with Gasteiger partial charge in [0, 0.05) is 18.2 Å². The van der Waals surface area contributed by atoms with E-state index in [1.165, 1.54) is 59.5 Å². The van der Waals surface area contributed by atoms with E-state index in [0.29, 0.717) is 16.8 Å². The van der Waals surface area contributed by atoms with Crippen molar-refractivity contribution in [2.24, 2.45) is 5.14 Å². The van der Waals surface area contributed by atoms with Crippen LogP contribution < -0.4 is 15.4 Å². The number of benzene rings is 3. The lowest BCUT2D eigenvalue weighted by Gasteiger charge is -2.36. The molecule has 0 aliphatic carbocycles. The zero-order chi connectivity index (χ0) is 24.5. The second-order valence-corrected chi connectivity index (χ2v) is 8.98. The molecule has 0 bridgehead atoms. The molecule has 11 heteroatoms. The van der Waals surface area contributed by atoms with E-state index in [2.05, 4.69) is 5.32 Å². The number of rotatable bonds is 5. The molecule has 1 atom stereocenters. The Morgan fingerprint density at radius 3 is 2.35 bits per heavy atom. The Balaban J connectivity index is 1.76. The second-order valence-electron chi connectivity index (χ2n) is 7.42. The Labute approximate surface area is 194 Å². The van der Waals surface area contributed by atoms with Gasteiger partial charge in [-0.25, -0.2) is 13.6 Å². The lowest BCUT2D eigenvalue weighted by molar-refractivity contribution is -0.384. The fourth-order valence-corrected chi connectivity index (χ4v) is 4.14. The van der Waals surface area contributed by atoms with Crippen LogP contribution >= 0.6 is 0 Å². The minimum absolute atomic E-state index is 0.0834. The number of hydrogen-bond acceptors (Lipinski definition) is 6. The molecule has 2 amide bonds. The van der Waals surface area contributed by atoms with Gasteiger partial charge in [-0.1, -0.05) is 30.3 Å². The van der Waals surface area contributed by atoms with E-state index in [0.717, 1.165) is 0 Å². The van der Waals surface area contributed by atoms with Crippen LogP contribution in [0.25, 0.3) is 6.08 Å². The molecule has 34 heavy (non-hydrogen) atoms. The molecular weight excluding hydrogens is 460 g/mol. The number of sulfonamides is 1. The van der Waals surface area contributed by atoms with Crippen molar-refractivity contribution in [3.8, 4) is 0 Å². The summed E-state index contributed by atoms with van der Waals surface area (Å²) in [5, 5.41) is 18.7. The molecule has 10 nitrogen and oxygen atoms in total. The molecule has 1 heterocycles. The molecule has 3 aromatic rings. The minimum atomic E-state index is -4.03. The van der Waals surface area contributed by atoms with Gasteiger partial charge in [-0.15, -0.1) is 0 Å². The van der Waals surface area contributed by atoms with Crippen molar-refractivity contribution in [2.45, 2.75) is 10.9 Å². The van der Waals surface area contributed by atoms with Crippen LogP contribution in [0.5, 0.6) is 0 Å². The summed E-state index contributed by atoms with van der Waals surface area (Å²) in [5.74, 6) is -1.07. The van der Waals surface area contributed by atoms with Gasteiger partial charge < -0.3 is 5.32 Å². The maximum atomic E-state index is 13.3. The summed E-state index contributed by atoms with van der Waals surface area (Å²) in [4.78, 5) is 37.7. The third-order valence-corrected chi connectivity index (χ3v) is 6.11. The molecule has 0 radical (unpaired) electrons. The monoisotopic (exact) mass is 478 g/mol. The Hall–Kier alpha value is -4.35. The first kappa shape index (κ1) is 22.8. The number of primary sulfonamides is 1. The number of carbonyl (C=O) groups is 2. The first-order chi connectivity index (χ1) is 16.1. The van der Waals surface area contributed by atoms with E-state index >= 15 is 0 Å². The lowest BCUT2D eigenvalue weighted by atomic mass is 10.00. The molecule has 3 aromatic carbocycles. The predicted octanol–water partition coefficient (Wildman–Crippen LogP) is 2.98. The van der Waals surface area contributed by atoms with Crippen molar-refractivity contribution in [2.75, 3.05) is 10.2 Å². The highest BCUT2D eigenvalue weighted by molar-refractivity contribution is 7.89. The largest absolute Gasteiger partial charge is 0.322 e. The maximum absolute atomic E-state index is 13.3. The van der Waals surface area contributed by atoms with Gasteiger partial charge in [0.05, 0.1) is 21.2 Å². The smallest absolute Gasteiger partial charge is 0.269 e. The van der Waals surface area contributed by atoms with Gasteiger partial charge in [-0.2, -0.15) is 0 Å². The number of anilines is 2. The van der Waals surface area contributed by atoms with Gasteiger partial charge in [0.2, 0.25) is 10.0 Å². The third-order valence-electron chi connectivity index (χ3n) is 5.20. The number of non-ortho nitro benzene ring substituents is 1. The molecule has 0 fully saturated rings. The molecule has 4 rings (SSSR count). The number of nitro benzene ring substituents is 1. The molecule has 0 saturated carbocycles. The highest BCUT2D eigenvalue weighted by Gasteiger charge is 2.37. The molecule has 0 aromatic heterocycles. The molecule has 1 aliphatic heterocycles. The summed E-state index contributed by atoms with van der Waals surface area (Å²) in [6.07, 6.45) is 2.71. The van der Waals surface area contributed by atoms with E-state index in [-0.39, 0.29) is 16.3 Å². The van der Waals surface area contributed by atoms with Gasteiger partial charge in [-0.05, 0) is 47.5 Å². The van der Waals surface area contributed by atoms with E-state index in [1.807, 2.05) is 0 Å². The number of amides is 2. The van der Waals surface area contributed by atoms with Gasteiger partial charge in [0.25, 0.3) is 17.5 Å². The van der Waals surface area contributed by atoms with E-state index in [9.17, 15) is 28.1 Å². The average molecular weight is 478 g/mol. The second kappa shape index (κ2) is 8.89. The van der Waals surface area contributed by atoms with Crippen LogP contribution in [0.3, 0.4) is 0 Å². The first-order valence-electron chi connectivity index (χ1n) is 9.93. The molecule has 0 spiro atoms. The van der Waals surface area contributed by atoms with E-state index in [1.54, 1.807) is 30.3 Å². The fraction of sp³-hybridized carbons (Fsp3) is 0.0435. The number of nitro groups is 1. The molecule has 1 aliphatic rings. The Kier molecular flexibility index (Phi) is 5.97. The van der Waals surface area contributed by atoms with Gasteiger partial charge >= 0.3 is 0 Å². The Bertz CT molecular complexity index is 1420. The van der Waals surface area contributed by atoms with Crippen LogP contribution in [0, 0.1) is 10.1 Å². The zero-order valence-electron chi connectivity index (χ0n) is 17.5. The van der Waals surface area contributed by atoms with Crippen LogP contribution in [0.4, 0.5) is 17.1 Å². The zero-order valence-corrected chi connectivity index (χ0v) is 18.3. The number of nitrogens with two attached hydrogens (primary N) is 1. The number of nitrogens with zero attached hydrogens (tertiary/aromatic N) is 2. The van der Waals surface area contributed by atoms with Crippen LogP contribution in [0.2, 0.25) is 0 Å². The maximum Gasteiger partial charge on any atom is 0.269 e. The average Bonchev–Trinajstić information content (AvgIpc) is 2.81. The normalized spacial score (nSPS) is 15.6. The van der Waals surface area contributed by atoms with Crippen LogP contribution in [0.15, 0.2) is 83.8 Å². The number of fused-ring (bicyclic) bond motifs is 1. The lowest BCUT2D eigenvalue weighted by Crippen LogP contribution is -2.44. The van der Waals surface area contributed by atoms with Crippen molar-refractivity contribution in [3.63, 3.8) is 0 Å². The van der Waals surface area contributed by atoms with Crippen LogP contribution in [0.1, 0.15) is 17.2 Å². The third kappa shape index (κ3) is 4.56. The first-order valence-corrected chi connectivity index (χ1v) is 11.5. The van der Waals surface area contributed by atoms with Crippen molar-refractivity contribution >= 4 is 45.0 Å². The standard InChI is InChI=1S/C23H18N4O6S/c24-34(32,33)18-11-12-20-19(14-18)25-23(29)22(16-4-2-1-3-5-16)26(20)21(28)13-8-15-6-9-17(10-7-15)27(30)31/h1-14,22H,(H,25,29)(H2,24,32,33)/b13-8+. The summed E-state index contributed by atoms with van der Waals surface area (Å²) in [7, 11) is -4.03. The molecule has 3 N–H and O–H groups in total. The number of nitrogens with one attached hydrogen (secondary N) is 1. The van der Waals surface area contributed by atoms with Crippen LogP contribution in [-0.2, 0) is 19.6 Å². The molecular formula is C23H18N4O6S. The van der Waals surface area contributed by atoms with Gasteiger partial charge in [0.1, 0.15) is 6.04 Å². The predicted molar refractivity (Wildman–Crippen MR) is 125 cm³/mol. The molecule has 0 saturated heterocycles.